The van der Waals surface area contributed by atoms with Crippen molar-refractivity contribution in [3.05, 3.63) is 73.3 Å². The van der Waals surface area contributed by atoms with Gasteiger partial charge in [-0.3, -0.25) is 9.97 Å². The molecule has 0 aliphatic rings. The third kappa shape index (κ3) is 7.42. The number of aromatic nitrogens is 2. The summed E-state index contributed by atoms with van der Waals surface area (Å²) in [6.45, 7) is 0. The molecule has 0 unspecified atom stereocenters. The Morgan fingerprint density at radius 3 is 1.79 bits per heavy atom. The number of nitrogens with zero attached hydrogens (tertiary/aromatic N) is 2. The van der Waals surface area contributed by atoms with E-state index in [9.17, 15) is 0 Å². The number of halogens is 2. The SMILES string of the molecule is [Cl-].[Cl-].[Zr+4].c1cc[c-](-c2cncnc2)c1.c1cc[cH-]c1. The molecule has 0 saturated heterocycles. The Hall–Kier alpha value is -0.757. The monoisotopic (exact) mass is 368 g/mol. The molecule has 0 spiro atoms. The zero-order chi connectivity index (χ0) is 11.1. The third-order valence-electron chi connectivity index (χ3n) is 2.11. The first-order valence-electron chi connectivity index (χ1n) is 5.10. The molecular weight excluding hydrogens is 358 g/mol. The third-order valence-corrected chi connectivity index (χ3v) is 2.11. The molecule has 0 atom stereocenters. The largest absolute Gasteiger partial charge is 4.00 e. The summed E-state index contributed by atoms with van der Waals surface area (Å²) in [4.78, 5) is 7.86. The number of hydrogen-bond acceptors (Lipinski definition) is 2. The Bertz CT molecular complexity index is 464. The van der Waals surface area contributed by atoms with Crippen molar-refractivity contribution in [1.29, 1.82) is 0 Å². The fourth-order valence-corrected chi connectivity index (χ4v) is 1.34. The van der Waals surface area contributed by atoms with Gasteiger partial charge in [0, 0.05) is 0 Å². The van der Waals surface area contributed by atoms with E-state index in [1.807, 2.05) is 67.0 Å². The van der Waals surface area contributed by atoms with E-state index in [4.69, 9.17) is 0 Å². The van der Waals surface area contributed by atoms with E-state index >= 15 is 0 Å². The molecule has 19 heavy (non-hydrogen) atoms. The Kier molecular flexibility index (Phi) is 13.3. The van der Waals surface area contributed by atoms with Crippen molar-refractivity contribution in [3.8, 4) is 11.1 Å². The molecule has 2 nitrogen and oxygen atoms in total. The first kappa shape index (κ1) is 20.6. The second kappa shape index (κ2) is 12.3. The van der Waals surface area contributed by atoms with Gasteiger partial charge in [-0.25, -0.2) is 12.1 Å². The van der Waals surface area contributed by atoms with Crippen molar-refractivity contribution in [2.45, 2.75) is 0 Å². The van der Waals surface area contributed by atoms with Crippen LogP contribution in [0.4, 0.5) is 0 Å². The first-order chi connectivity index (χ1) is 7.97. The minimum absolute atomic E-state index is 0. The van der Waals surface area contributed by atoms with Crippen molar-refractivity contribution in [2.24, 2.45) is 0 Å². The second-order valence-electron chi connectivity index (χ2n) is 3.26. The first-order valence-corrected chi connectivity index (χ1v) is 5.10. The van der Waals surface area contributed by atoms with Gasteiger partial charge in [-0.15, -0.1) is 12.1 Å². The molecule has 0 bridgehead atoms. The summed E-state index contributed by atoms with van der Waals surface area (Å²) in [5, 5.41) is 0. The van der Waals surface area contributed by atoms with Gasteiger partial charge in [-0.1, -0.05) is 11.1 Å². The maximum absolute atomic E-state index is 3.93. The Morgan fingerprint density at radius 2 is 1.37 bits per heavy atom. The number of rotatable bonds is 1. The molecule has 1 aromatic heterocycles. The van der Waals surface area contributed by atoms with Gasteiger partial charge in [0.2, 0.25) is 0 Å². The molecule has 3 rings (SSSR count). The van der Waals surface area contributed by atoms with Crippen molar-refractivity contribution < 1.29 is 51.0 Å². The van der Waals surface area contributed by atoms with E-state index in [2.05, 4.69) is 9.97 Å². The maximum atomic E-state index is 3.93. The van der Waals surface area contributed by atoms with E-state index in [0.29, 0.717) is 0 Å². The van der Waals surface area contributed by atoms with E-state index in [1.54, 1.807) is 0 Å². The van der Waals surface area contributed by atoms with Gasteiger partial charge in [-0.2, -0.15) is 30.3 Å². The topological polar surface area (TPSA) is 25.8 Å². The zero-order valence-electron chi connectivity index (χ0n) is 10.1. The average Bonchev–Trinajstić information content (AvgIpc) is 3.07. The molecule has 0 N–H and O–H groups in total. The molecular formula is C14H12Cl2N2Zr. The molecule has 0 saturated carbocycles. The van der Waals surface area contributed by atoms with E-state index in [1.165, 1.54) is 11.9 Å². The summed E-state index contributed by atoms with van der Waals surface area (Å²) < 4.78 is 0. The predicted octanol–water partition coefficient (Wildman–Crippen LogP) is -2.73. The molecule has 0 aliphatic heterocycles. The van der Waals surface area contributed by atoms with Gasteiger partial charge in [0.15, 0.2) is 0 Å². The van der Waals surface area contributed by atoms with Crippen LogP contribution < -0.4 is 24.8 Å². The molecule has 1 heterocycles. The average molecular weight is 370 g/mol. The quantitative estimate of drug-likeness (QED) is 0.435. The molecule has 96 valence electrons. The molecule has 0 fully saturated rings. The molecule has 0 aliphatic carbocycles. The molecule has 0 radical (unpaired) electrons. The van der Waals surface area contributed by atoms with Gasteiger partial charge in [0.25, 0.3) is 0 Å². The van der Waals surface area contributed by atoms with Crippen LogP contribution in [0, 0.1) is 0 Å². The van der Waals surface area contributed by atoms with Crippen LogP contribution in [0.5, 0.6) is 0 Å². The molecule has 0 amide bonds. The van der Waals surface area contributed by atoms with Crippen LogP contribution in [0.15, 0.2) is 73.3 Å². The van der Waals surface area contributed by atoms with Crippen LogP contribution in [0.3, 0.4) is 0 Å². The second-order valence-corrected chi connectivity index (χ2v) is 3.26. The summed E-state index contributed by atoms with van der Waals surface area (Å²) in [5.41, 5.74) is 2.24. The van der Waals surface area contributed by atoms with Crippen LogP contribution in [0.2, 0.25) is 0 Å². The zero-order valence-corrected chi connectivity index (χ0v) is 14.0. The van der Waals surface area contributed by atoms with Crippen molar-refractivity contribution >= 4 is 0 Å². The van der Waals surface area contributed by atoms with E-state index < -0.39 is 0 Å². The van der Waals surface area contributed by atoms with E-state index in [0.717, 1.165) is 5.56 Å². The van der Waals surface area contributed by atoms with Gasteiger partial charge in [0.05, 0.1) is 6.33 Å². The summed E-state index contributed by atoms with van der Waals surface area (Å²) in [7, 11) is 0. The van der Waals surface area contributed by atoms with E-state index in [-0.39, 0.29) is 51.0 Å². The summed E-state index contributed by atoms with van der Waals surface area (Å²) in [6.07, 6.45) is 5.15. The van der Waals surface area contributed by atoms with Gasteiger partial charge in [-0.05, 0) is 12.4 Å². The van der Waals surface area contributed by atoms with Crippen LogP contribution in [-0.2, 0) is 26.2 Å². The Morgan fingerprint density at radius 1 is 0.842 bits per heavy atom. The minimum atomic E-state index is 0. The normalized spacial score (nSPS) is 7.79. The fourth-order valence-electron chi connectivity index (χ4n) is 1.34. The van der Waals surface area contributed by atoms with Gasteiger partial charge < -0.3 is 24.8 Å². The standard InChI is InChI=1S/C9H7N2.C5H5.2ClH.Zr/c1-2-4-8(3-1)9-5-10-7-11-6-9;1-2-4-5-3-1;;;/h1-7H;1-5H;2*1H;/q2*-1;;;+4/p-2. The maximum Gasteiger partial charge on any atom is 4.00 e. The molecule has 5 heteroatoms. The molecule has 2 aromatic carbocycles. The number of hydrogen-bond donors (Lipinski definition) is 0. The van der Waals surface area contributed by atoms with Crippen LogP contribution in [0.25, 0.3) is 11.1 Å². The van der Waals surface area contributed by atoms with Crippen molar-refractivity contribution in [3.63, 3.8) is 0 Å². The van der Waals surface area contributed by atoms with Crippen molar-refractivity contribution in [1.82, 2.24) is 9.97 Å². The van der Waals surface area contributed by atoms with Gasteiger partial charge >= 0.3 is 26.2 Å². The fraction of sp³-hybridized carbons (Fsp3) is 0. The van der Waals surface area contributed by atoms with Crippen LogP contribution >= 0.6 is 0 Å². The van der Waals surface area contributed by atoms with Gasteiger partial charge in [0.1, 0.15) is 0 Å². The van der Waals surface area contributed by atoms with Crippen LogP contribution in [0.1, 0.15) is 0 Å². The summed E-state index contributed by atoms with van der Waals surface area (Å²) in [5.74, 6) is 0. The predicted molar refractivity (Wildman–Crippen MR) is 65.1 cm³/mol. The molecule has 3 aromatic rings. The Labute approximate surface area is 145 Å². The summed E-state index contributed by atoms with van der Waals surface area (Å²) in [6, 6.07) is 18.1. The Balaban J connectivity index is 0. The smallest absolute Gasteiger partial charge is 1.00 e. The van der Waals surface area contributed by atoms with Crippen molar-refractivity contribution in [2.75, 3.05) is 0 Å². The summed E-state index contributed by atoms with van der Waals surface area (Å²) >= 11 is 0. The van der Waals surface area contributed by atoms with Crippen LogP contribution in [-0.4, -0.2) is 9.97 Å². The minimum Gasteiger partial charge on any atom is -1.00 e.